The topological polar surface area (TPSA) is 44.0 Å². The summed E-state index contributed by atoms with van der Waals surface area (Å²) >= 11 is 0. The number of hydrogen-bond acceptors (Lipinski definition) is 2. The Kier molecular flexibility index (Phi) is 3.08. The molecular weight excluding hydrogens is 270 g/mol. The molecule has 0 aliphatic heterocycles. The fraction of sp³-hybridized carbons (Fsp3) is 0.550. The Hall–Kier alpha value is -1.75. The molecule has 2 heteroatoms. The van der Waals surface area contributed by atoms with Crippen molar-refractivity contribution in [2.24, 2.45) is 17.3 Å². The summed E-state index contributed by atoms with van der Waals surface area (Å²) in [5, 5.41) is 18.8. The van der Waals surface area contributed by atoms with Gasteiger partial charge in [0.2, 0.25) is 0 Å². The predicted molar refractivity (Wildman–Crippen MR) is 86.4 cm³/mol. The van der Waals surface area contributed by atoms with Crippen LogP contribution >= 0.6 is 0 Å². The summed E-state index contributed by atoms with van der Waals surface area (Å²) in [4.78, 5) is 0. The van der Waals surface area contributed by atoms with E-state index < -0.39 is 0 Å². The molecule has 0 amide bonds. The molecule has 3 unspecified atom stereocenters. The summed E-state index contributed by atoms with van der Waals surface area (Å²) in [7, 11) is 0. The van der Waals surface area contributed by atoms with Crippen molar-refractivity contribution in [2.75, 3.05) is 0 Å². The average Bonchev–Trinajstić information content (AvgIpc) is 2.84. The maximum absolute atomic E-state index is 9.73. The number of aromatic hydroxyl groups is 1. The number of aryl methyl sites for hydroxylation is 1. The molecule has 0 heterocycles. The Balaban J connectivity index is 1.70. The summed E-state index contributed by atoms with van der Waals surface area (Å²) in [5.74, 6) is 2.54. The fourth-order valence-corrected chi connectivity index (χ4v) is 5.73. The van der Waals surface area contributed by atoms with E-state index in [2.05, 4.69) is 19.1 Å². The molecule has 0 saturated heterocycles. The molecule has 114 valence electrons. The number of rotatable bonds is 0. The lowest BCUT2D eigenvalue weighted by atomic mass is 9.55. The van der Waals surface area contributed by atoms with Crippen LogP contribution in [0.25, 0.3) is 0 Å². The zero-order valence-corrected chi connectivity index (χ0v) is 13.2. The molecule has 0 aromatic heterocycles. The van der Waals surface area contributed by atoms with E-state index >= 15 is 0 Å². The third kappa shape index (κ3) is 1.85. The lowest BCUT2D eigenvalue weighted by Crippen LogP contribution is -2.40. The van der Waals surface area contributed by atoms with Crippen LogP contribution in [0, 0.1) is 28.6 Å². The second-order valence-electron chi connectivity index (χ2n) is 7.59. The lowest BCUT2D eigenvalue weighted by molar-refractivity contribution is 0.0814. The summed E-state index contributed by atoms with van der Waals surface area (Å²) in [6.45, 7) is 2.40. The smallest absolute Gasteiger partial charge is 0.115 e. The summed E-state index contributed by atoms with van der Waals surface area (Å²) in [6, 6.07) is 8.25. The van der Waals surface area contributed by atoms with Gasteiger partial charge in [0, 0.05) is 6.08 Å². The number of hydrogen-bond donors (Lipinski definition) is 1. The van der Waals surface area contributed by atoms with Crippen molar-refractivity contribution in [3.05, 3.63) is 41.0 Å². The number of nitriles is 1. The van der Waals surface area contributed by atoms with Gasteiger partial charge in [-0.3, -0.25) is 0 Å². The number of benzene rings is 1. The van der Waals surface area contributed by atoms with Gasteiger partial charge in [0.25, 0.3) is 0 Å². The van der Waals surface area contributed by atoms with Gasteiger partial charge in [-0.2, -0.15) is 5.26 Å². The van der Waals surface area contributed by atoms with Crippen LogP contribution in [0.1, 0.15) is 56.1 Å². The Bertz CT molecular complexity index is 683. The number of allylic oxidation sites excluding steroid dienone is 2. The molecule has 0 spiro atoms. The Morgan fingerprint density at radius 1 is 1.27 bits per heavy atom. The van der Waals surface area contributed by atoms with E-state index in [1.54, 1.807) is 0 Å². The van der Waals surface area contributed by atoms with E-state index in [0.29, 0.717) is 11.7 Å². The van der Waals surface area contributed by atoms with Crippen LogP contribution in [0.5, 0.6) is 5.75 Å². The van der Waals surface area contributed by atoms with Crippen LogP contribution in [0.15, 0.2) is 29.8 Å². The zero-order valence-electron chi connectivity index (χ0n) is 13.2. The van der Waals surface area contributed by atoms with Gasteiger partial charge in [-0.25, -0.2) is 0 Å². The first kappa shape index (κ1) is 13.9. The predicted octanol–water partition coefficient (Wildman–Crippen LogP) is 4.70. The monoisotopic (exact) mass is 293 g/mol. The van der Waals surface area contributed by atoms with Crippen LogP contribution in [0.3, 0.4) is 0 Å². The molecule has 3 aliphatic rings. The maximum atomic E-state index is 9.73. The molecule has 22 heavy (non-hydrogen) atoms. The third-order valence-corrected chi connectivity index (χ3v) is 6.80. The molecule has 1 aromatic rings. The highest BCUT2D eigenvalue weighted by Gasteiger charge is 2.52. The third-order valence-electron chi connectivity index (χ3n) is 6.80. The van der Waals surface area contributed by atoms with Gasteiger partial charge in [0.1, 0.15) is 5.75 Å². The molecule has 2 fully saturated rings. The largest absolute Gasteiger partial charge is 0.508 e. The molecule has 1 aromatic carbocycles. The highest BCUT2D eigenvalue weighted by molar-refractivity contribution is 5.41. The molecule has 0 radical (unpaired) electrons. The molecule has 1 N–H and O–H groups in total. The SMILES string of the molecule is C[C@]12CCC3c4ccc(O)cc4CCC3C1CC/C2=C\C#N. The van der Waals surface area contributed by atoms with Crippen LogP contribution in [-0.2, 0) is 6.42 Å². The summed E-state index contributed by atoms with van der Waals surface area (Å²) in [6.07, 6.45) is 8.94. The number of fused-ring (bicyclic) bond motifs is 5. The minimum Gasteiger partial charge on any atom is -0.508 e. The average molecular weight is 293 g/mol. The highest BCUT2D eigenvalue weighted by Crippen LogP contribution is 2.62. The van der Waals surface area contributed by atoms with Gasteiger partial charge in [-0.15, -0.1) is 0 Å². The minimum absolute atomic E-state index is 0.255. The molecule has 2 nitrogen and oxygen atoms in total. The van der Waals surface area contributed by atoms with Crippen molar-refractivity contribution in [2.45, 2.75) is 51.4 Å². The summed E-state index contributed by atoms with van der Waals surface area (Å²) < 4.78 is 0. The lowest BCUT2D eigenvalue weighted by Gasteiger charge is -2.49. The van der Waals surface area contributed by atoms with E-state index in [9.17, 15) is 5.11 Å². The number of nitrogens with zero attached hydrogens (tertiary/aromatic N) is 1. The Morgan fingerprint density at radius 3 is 2.95 bits per heavy atom. The van der Waals surface area contributed by atoms with E-state index in [-0.39, 0.29) is 5.41 Å². The van der Waals surface area contributed by atoms with E-state index in [1.807, 2.05) is 18.2 Å². The second kappa shape index (κ2) is 4.88. The van der Waals surface area contributed by atoms with Gasteiger partial charge in [-0.05, 0) is 85.0 Å². The minimum atomic E-state index is 0.255. The first-order valence-electron chi connectivity index (χ1n) is 8.54. The van der Waals surface area contributed by atoms with Crippen molar-refractivity contribution in [1.29, 1.82) is 5.26 Å². The second-order valence-corrected chi connectivity index (χ2v) is 7.59. The van der Waals surface area contributed by atoms with Gasteiger partial charge < -0.3 is 5.11 Å². The fourth-order valence-electron chi connectivity index (χ4n) is 5.73. The maximum Gasteiger partial charge on any atom is 0.115 e. The van der Waals surface area contributed by atoms with Crippen molar-refractivity contribution in [3.63, 3.8) is 0 Å². The zero-order chi connectivity index (χ0) is 15.3. The van der Waals surface area contributed by atoms with Gasteiger partial charge in [-0.1, -0.05) is 18.6 Å². The number of phenolic OH excluding ortho intramolecular Hbond substituents is 1. The van der Waals surface area contributed by atoms with Crippen molar-refractivity contribution in [3.8, 4) is 11.8 Å². The quantitative estimate of drug-likeness (QED) is 0.705. The Morgan fingerprint density at radius 2 is 2.14 bits per heavy atom. The van der Waals surface area contributed by atoms with Crippen LogP contribution in [0.4, 0.5) is 0 Å². The van der Waals surface area contributed by atoms with E-state index in [0.717, 1.165) is 24.7 Å². The van der Waals surface area contributed by atoms with Crippen LogP contribution in [0.2, 0.25) is 0 Å². The van der Waals surface area contributed by atoms with Gasteiger partial charge in [0.05, 0.1) is 6.07 Å². The first-order chi connectivity index (χ1) is 10.6. The molecule has 3 aliphatic carbocycles. The molecule has 2 saturated carbocycles. The van der Waals surface area contributed by atoms with Gasteiger partial charge >= 0.3 is 0 Å². The standard InChI is InChI=1S/C20H23NO/c1-20-10-8-17-16-6-4-15(22)12-13(16)2-5-18(17)19(20)7-3-14(20)9-11-21/h4,6,9,12,17-19,22H,2-3,5,7-8,10H2,1H3/b14-9+/t17?,18?,19?,20-/m1/s1. The van der Waals surface area contributed by atoms with Crippen LogP contribution in [-0.4, -0.2) is 5.11 Å². The van der Waals surface area contributed by atoms with E-state index in [4.69, 9.17) is 5.26 Å². The Labute approximate surface area is 132 Å². The van der Waals surface area contributed by atoms with Crippen molar-refractivity contribution < 1.29 is 5.11 Å². The van der Waals surface area contributed by atoms with Crippen molar-refractivity contribution >= 4 is 0 Å². The van der Waals surface area contributed by atoms with Crippen LogP contribution < -0.4 is 0 Å². The normalized spacial score (nSPS) is 38.0. The summed E-state index contributed by atoms with van der Waals surface area (Å²) in [5.41, 5.74) is 4.49. The molecular formula is C20H23NO. The number of phenols is 1. The molecule has 4 atom stereocenters. The highest BCUT2D eigenvalue weighted by atomic mass is 16.3. The van der Waals surface area contributed by atoms with E-state index in [1.165, 1.54) is 42.4 Å². The van der Waals surface area contributed by atoms with Crippen molar-refractivity contribution in [1.82, 2.24) is 0 Å². The molecule has 0 bridgehead atoms. The van der Waals surface area contributed by atoms with Gasteiger partial charge in [0.15, 0.2) is 0 Å². The first-order valence-corrected chi connectivity index (χ1v) is 8.54. The molecule has 4 rings (SSSR count).